The Morgan fingerprint density at radius 2 is 1.69 bits per heavy atom. The highest BCUT2D eigenvalue weighted by Gasteiger charge is 2.34. The number of likely N-dealkylation sites (tertiary alicyclic amines) is 1. The van der Waals surface area contributed by atoms with Gasteiger partial charge in [0.1, 0.15) is 6.04 Å². The quantitative estimate of drug-likeness (QED) is 0.710. The van der Waals surface area contributed by atoms with Gasteiger partial charge in [-0.2, -0.15) is 0 Å². The molecule has 5 nitrogen and oxygen atoms in total. The molecule has 1 N–H and O–H groups in total. The number of benzene rings is 2. The summed E-state index contributed by atoms with van der Waals surface area (Å²) in [6.45, 7) is 8.09. The molecule has 0 aliphatic carbocycles. The first-order chi connectivity index (χ1) is 15.5. The van der Waals surface area contributed by atoms with Crippen LogP contribution in [-0.4, -0.2) is 47.3 Å². The van der Waals surface area contributed by atoms with Gasteiger partial charge in [-0.05, 0) is 67.1 Å². The van der Waals surface area contributed by atoms with Crippen molar-refractivity contribution in [2.24, 2.45) is 5.92 Å². The molecule has 0 saturated carbocycles. The Morgan fingerprint density at radius 3 is 2.38 bits per heavy atom. The third-order valence-corrected chi connectivity index (χ3v) is 6.59. The molecular formula is C27H35N3O2. The number of carbonyl (C=O) groups excluding carboxylic acids is 2. The minimum Gasteiger partial charge on any atom is -0.326 e. The Morgan fingerprint density at radius 1 is 1.00 bits per heavy atom. The molecule has 4 rings (SSSR count). The molecule has 2 aromatic carbocycles. The first kappa shape index (κ1) is 22.5. The van der Waals surface area contributed by atoms with Crippen LogP contribution in [0.2, 0.25) is 0 Å². The van der Waals surface area contributed by atoms with Crippen LogP contribution in [0.25, 0.3) is 0 Å². The zero-order chi connectivity index (χ0) is 22.5. The number of fused-ring (bicyclic) bond motifs is 1. The minimum absolute atomic E-state index is 0.0481. The summed E-state index contributed by atoms with van der Waals surface area (Å²) in [5.41, 5.74) is 4.36. The number of rotatable bonds is 7. The smallest absolute Gasteiger partial charge is 0.247 e. The summed E-state index contributed by atoms with van der Waals surface area (Å²) in [6.07, 6.45) is 4.67. The van der Waals surface area contributed by atoms with E-state index in [0.717, 1.165) is 29.8 Å². The molecule has 32 heavy (non-hydrogen) atoms. The Kier molecular flexibility index (Phi) is 7.26. The van der Waals surface area contributed by atoms with Gasteiger partial charge in [0.05, 0.1) is 0 Å². The number of carbonyl (C=O) groups is 2. The summed E-state index contributed by atoms with van der Waals surface area (Å²) in [6, 6.07) is 15.8. The minimum atomic E-state index is -0.481. The second-order valence-electron chi connectivity index (χ2n) is 9.59. The standard InChI is InChI=1S/C27H35N3O2/c1-20(2)17-26(31)30-19-23-8-4-3-7-22(23)18-25(30)27(32)28-24-11-9-21(10-12-24)13-16-29-14-5-6-15-29/h3-4,7-12,20,25H,5-6,13-19H2,1-2H3,(H,28,32). The maximum atomic E-state index is 13.3. The highest BCUT2D eigenvalue weighted by atomic mass is 16.2. The van der Waals surface area contributed by atoms with Crippen LogP contribution in [0.5, 0.6) is 0 Å². The monoisotopic (exact) mass is 433 g/mol. The molecule has 2 amide bonds. The largest absolute Gasteiger partial charge is 0.326 e. The number of nitrogens with zero attached hydrogens (tertiary/aromatic N) is 2. The van der Waals surface area contributed by atoms with E-state index in [1.165, 1.54) is 31.5 Å². The summed E-state index contributed by atoms with van der Waals surface area (Å²) in [5, 5.41) is 3.06. The molecule has 2 heterocycles. The molecular weight excluding hydrogens is 398 g/mol. The summed E-state index contributed by atoms with van der Waals surface area (Å²) in [7, 11) is 0. The lowest BCUT2D eigenvalue weighted by Gasteiger charge is -2.36. The van der Waals surface area contributed by atoms with Crippen LogP contribution in [0.3, 0.4) is 0 Å². The Bertz CT molecular complexity index is 932. The van der Waals surface area contributed by atoms with Crippen LogP contribution in [0.4, 0.5) is 5.69 Å². The summed E-state index contributed by atoms with van der Waals surface area (Å²) < 4.78 is 0. The van der Waals surface area contributed by atoms with Crippen molar-refractivity contribution in [3.05, 3.63) is 65.2 Å². The molecule has 170 valence electrons. The lowest BCUT2D eigenvalue weighted by Crippen LogP contribution is -2.50. The number of nitrogens with one attached hydrogen (secondary N) is 1. The SMILES string of the molecule is CC(C)CC(=O)N1Cc2ccccc2CC1C(=O)Nc1ccc(CCN2CCCC2)cc1. The maximum absolute atomic E-state index is 13.3. The molecule has 2 aliphatic heterocycles. The highest BCUT2D eigenvalue weighted by molar-refractivity contribution is 5.97. The average Bonchev–Trinajstić information content (AvgIpc) is 3.31. The van der Waals surface area contributed by atoms with Gasteiger partial charge in [-0.15, -0.1) is 0 Å². The van der Waals surface area contributed by atoms with Crippen LogP contribution in [0.15, 0.2) is 48.5 Å². The second-order valence-corrected chi connectivity index (χ2v) is 9.59. The van der Waals surface area contributed by atoms with E-state index in [0.29, 0.717) is 19.4 Å². The van der Waals surface area contributed by atoms with E-state index in [1.807, 2.05) is 38.1 Å². The summed E-state index contributed by atoms with van der Waals surface area (Å²) in [4.78, 5) is 30.5. The molecule has 0 bridgehead atoms. The van der Waals surface area contributed by atoms with E-state index < -0.39 is 6.04 Å². The Balaban J connectivity index is 1.42. The van der Waals surface area contributed by atoms with Crippen molar-refractivity contribution >= 4 is 17.5 Å². The average molecular weight is 434 g/mol. The van der Waals surface area contributed by atoms with Gasteiger partial charge < -0.3 is 15.1 Å². The fourth-order valence-corrected chi connectivity index (χ4v) is 4.76. The van der Waals surface area contributed by atoms with E-state index in [1.54, 1.807) is 4.90 Å². The van der Waals surface area contributed by atoms with Crippen LogP contribution in [0.1, 0.15) is 49.8 Å². The third-order valence-electron chi connectivity index (χ3n) is 6.59. The van der Waals surface area contributed by atoms with Gasteiger partial charge in [-0.25, -0.2) is 0 Å². The molecule has 1 atom stereocenters. The van der Waals surface area contributed by atoms with Gasteiger partial charge in [0.2, 0.25) is 11.8 Å². The van der Waals surface area contributed by atoms with Crippen LogP contribution in [0, 0.1) is 5.92 Å². The number of hydrogen-bond donors (Lipinski definition) is 1. The zero-order valence-corrected chi connectivity index (χ0v) is 19.3. The fraction of sp³-hybridized carbons (Fsp3) is 0.481. The van der Waals surface area contributed by atoms with E-state index in [-0.39, 0.29) is 17.7 Å². The number of hydrogen-bond acceptors (Lipinski definition) is 3. The normalized spacial score (nSPS) is 18.6. The highest BCUT2D eigenvalue weighted by Crippen LogP contribution is 2.26. The van der Waals surface area contributed by atoms with Crippen LogP contribution >= 0.6 is 0 Å². The zero-order valence-electron chi connectivity index (χ0n) is 19.3. The van der Waals surface area contributed by atoms with Crippen molar-refractivity contribution in [3.8, 4) is 0 Å². The van der Waals surface area contributed by atoms with Gasteiger partial charge >= 0.3 is 0 Å². The predicted octanol–water partition coefficient (Wildman–Crippen LogP) is 4.26. The predicted molar refractivity (Wildman–Crippen MR) is 128 cm³/mol. The summed E-state index contributed by atoms with van der Waals surface area (Å²) >= 11 is 0. The van der Waals surface area contributed by atoms with Crippen molar-refractivity contribution in [1.82, 2.24) is 9.80 Å². The van der Waals surface area contributed by atoms with Crippen molar-refractivity contribution in [3.63, 3.8) is 0 Å². The molecule has 2 aliphatic rings. The Labute approximate surface area is 191 Å². The third kappa shape index (κ3) is 5.57. The van der Waals surface area contributed by atoms with Crippen molar-refractivity contribution in [1.29, 1.82) is 0 Å². The first-order valence-corrected chi connectivity index (χ1v) is 12.0. The van der Waals surface area contributed by atoms with E-state index in [2.05, 4.69) is 34.5 Å². The fourth-order valence-electron chi connectivity index (χ4n) is 4.76. The molecule has 0 spiro atoms. The topological polar surface area (TPSA) is 52.7 Å². The molecule has 0 radical (unpaired) electrons. The lowest BCUT2D eigenvalue weighted by atomic mass is 9.92. The van der Waals surface area contributed by atoms with Gasteiger partial charge in [-0.1, -0.05) is 50.2 Å². The van der Waals surface area contributed by atoms with Gasteiger partial charge in [0.15, 0.2) is 0 Å². The molecule has 1 saturated heterocycles. The first-order valence-electron chi connectivity index (χ1n) is 12.0. The number of amides is 2. The molecule has 1 fully saturated rings. The molecule has 5 heteroatoms. The molecule has 1 unspecified atom stereocenters. The van der Waals surface area contributed by atoms with Gasteiger partial charge in [0.25, 0.3) is 0 Å². The maximum Gasteiger partial charge on any atom is 0.247 e. The number of anilines is 1. The van der Waals surface area contributed by atoms with Crippen LogP contribution in [-0.2, 0) is 29.0 Å². The summed E-state index contributed by atoms with van der Waals surface area (Å²) in [5.74, 6) is 0.199. The molecule has 2 aromatic rings. The van der Waals surface area contributed by atoms with Crippen molar-refractivity contribution in [2.45, 2.75) is 58.5 Å². The molecule has 0 aromatic heterocycles. The van der Waals surface area contributed by atoms with E-state index >= 15 is 0 Å². The van der Waals surface area contributed by atoms with Crippen molar-refractivity contribution in [2.75, 3.05) is 25.0 Å². The lowest BCUT2D eigenvalue weighted by molar-refractivity contribution is -0.140. The second kappa shape index (κ2) is 10.3. The van der Waals surface area contributed by atoms with Gasteiger partial charge in [-0.3, -0.25) is 9.59 Å². The van der Waals surface area contributed by atoms with E-state index in [9.17, 15) is 9.59 Å². The van der Waals surface area contributed by atoms with E-state index in [4.69, 9.17) is 0 Å². The Hall–Kier alpha value is -2.66. The van der Waals surface area contributed by atoms with Crippen molar-refractivity contribution < 1.29 is 9.59 Å². The van der Waals surface area contributed by atoms with Gasteiger partial charge in [0, 0.05) is 31.6 Å². The van der Waals surface area contributed by atoms with Crippen LogP contribution < -0.4 is 5.32 Å².